The van der Waals surface area contributed by atoms with Gasteiger partial charge in [-0.2, -0.15) is 0 Å². The molecule has 0 aliphatic rings. The predicted octanol–water partition coefficient (Wildman–Crippen LogP) is 2.11. The van der Waals surface area contributed by atoms with Crippen molar-refractivity contribution in [1.82, 2.24) is 0 Å². The van der Waals surface area contributed by atoms with E-state index in [0.29, 0.717) is 0 Å². The van der Waals surface area contributed by atoms with Gasteiger partial charge in [-0.25, -0.2) is 0 Å². The standard InChI is InChI=1S/C3H5.C2H5.Ni/c1-3-2;1-2;/h3H,1-2H2;1H2,2H3;. The average molecular weight is 129 g/mol. The Hall–Kier alpha value is 0.234. The van der Waals surface area contributed by atoms with E-state index in [1.54, 1.807) is 14.4 Å². The Bertz CT molecular complexity index is 32.9. The summed E-state index contributed by atoms with van der Waals surface area (Å²) in [6, 6.07) is 0. The fraction of sp³-hybridized carbons (Fsp3) is 0.600. The van der Waals surface area contributed by atoms with Crippen molar-refractivity contribution in [3.05, 3.63) is 12.7 Å². The molecule has 0 saturated heterocycles. The van der Waals surface area contributed by atoms with Crippen molar-refractivity contribution in [1.29, 1.82) is 0 Å². The Morgan fingerprint density at radius 3 is 2.67 bits per heavy atom. The molecule has 0 bridgehead atoms. The van der Waals surface area contributed by atoms with Crippen molar-refractivity contribution in [2.45, 2.75) is 17.7 Å². The van der Waals surface area contributed by atoms with E-state index in [1.807, 2.05) is 6.08 Å². The summed E-state index contributed by atoms with van der Waals surface area (Å²) in [4.78, 5) is 0. The van der Waals surface area contributed by atoms with E-state index in [1.165, 1.54) is 5.39 Å². The van der Waals surface area contributed by atoms with Crippen molar-refractivity contribution >= 4 is 0 Å². The van der Waals surface area contributed by atoms with E-state index in [9.17, 15) is 0 Å². The van der Waals surface area contributed by atoms with E-state index < -0.39 is 0 Å². The van der Waals surface area contributed by atoms with Gasteiger partial charge in [-0.3, -0.25) is 0 Å². The molecule has 0 aromatic heterocycles. The third kappa shape index (κ3) is 4.23. The number of hydrogen-bond donors (Lipinski definition) is 0. The first-order valence-corrected chi connectivity index (χ1v) is 3.37. The Morgan fingerprint density at radius 1 is 1.83 bits per heavy atom. The van der Waals surface area contributed by atoms with Crippen LogP contribution in [-0.2, 0) is 14.4 Å². The minimum atomic E-state index is 1.11. The molecule has 0 saturated carbocycles. The van der Waals surface area contributed by atoms with Crippen LogP contribution in [0.1, 0.15) is 6.92 Å². The third-order valence-corrected chi connectivity index (χ3v) is 1.40. The first kappa shape index (κ1) is 6.23. The normalized spacial score (nSPS) is 8.83. The van der Waals surface area contributed by atoms with Gasteiger partial charge in [0, 0.05) is 0 Å². The van der Waals surface area contributed by atoms with Gasteiger partial charge in [0.2, 0.25) is 0 Å². The molecule has 0 unspecified atom stereocenters. The zero-order valence-electron chi connectivity index (χ0n) is 4.01. The molecule has 0 radical (unpaired) electrons. The molecule has 1 heteroatoms. The molecular weight excluding hydrogens is 119 g/mol. The van der Waals surface area contributed by atoms with E-state index in [4.69, 9.17) is 0 Å². The van der Waals surface area contributed by atoms with Gasteiger partial charge in [0.25, 0.3) is 0 Å². The van der Waals surface area contributed by atoms with Crippen molar-refractivity contribution in [2.75, 3.05) is 0 Å². The van der Waals surface area contributed by atoms with Crippen LogP contribution in [0.3, 0.4) is 0 Å². The first-order chi connectivity index (χ1) is 2.91. The van der Waals surface area contributed by atoms with Crippen molar-refractivity contribution < 1.29 is 14.4 Å². The van der Waals surface area contributed by atoms with Gasteiger partial charge in [0.15, 0.2) is 0 Å². The van der Waals surface area contributed by atoms with Gasteiger partial charge < -0.3 is 0 Å². The van der Waals surface area contributed by atoms with Gasteiger partial charge in [0.1, 0.15) is 0 Å². The van der Waals surface area contributed by atoms with Crippen LogP contribution in [0.4, 0.5) is 0 Å². The summed E-state index contributed by atoms with van der Waals surface area (Å²) in [7, 11) is 0. The Kier molecular flexibility index (Phi) is 5.44. The summed E-state index contributed by atoms with van der Waals surface area (Å²) in [5, 5.41) is 2.34. The molecule has 0 aromatic carbocycles. The van der Waals surface area contributed by atoms with Crippen LogP contribution in [0, 0.1) is 0 Å². The molecule has 0 heterocycles. The molecule has 0 spiro atoms. The quantitative estimate of drug-likeness (QED) is 0.311. The van der Waals surface area contributed by atoms with Crippen molar-refractivity contribution in [2.24, 2.45) is 0 Å². The van der Waals surface area contributed by atoms with E-state index in [0.717, 1.165) is 5.39 Å². The van der Waals surface area contributed by atoms with Crippen LogP contribution in [0.2, 0.25) is 10.8 Å². The van der Waals surface area contributed by atoms with Crippen molar-refractivity contribution in [3.63, 3.8) is 0 Å². The SMILES string of the molecule is C=C[CH2][Ni][CH2]C. The fourth-order valence-corrected chi connectivity index (χ4v) is 0.643. The van der Waals surface area contributed by atoms with Gasteiger partial charge in [-0.1, -0.05) is 0 Å². The van der Waals surface area contributed by atoms with Crippen LogP contribution in [-0.4, -0.2) is 0 Å². The van der Waals surface area contributed by atoms with Gasteiger partial charge >= 0.3 is 44.8 Å². The molecule has 0 nitrogen and oxygen atoms in total. The summed E-state index contributed by atoms with van der Waals surface area (Å²) in [6.07, 6.45) is 1.93. The molecule has 0 fully saturated rings. The molecule has 0 aliphatic heterocycles. The molecule has 0 rings (SSSR count). The van der Waals surface area contributed by atoms with Gasteiger partial charge in [0.05, 0.1) is 0 Å². The van der Waals surface area contributed by atoms with Crippen LogP contribution >= 0.6 is 0 Å². The molecule has 6 heavy (non-hydrogen) atoms. The van der Waals surface area contributed by atoms with Gasteiger partial charge in [-0.15, -0.1) is 0 Å². The third-order valence-electron chi connectivity index (χ3n) is 0.341. The van der Waals surface area contributed by atoms with Gasteiger partial charge in [-0.05, 0) is 0 Å². The molecular formula is C5H10Ni. The second-order valence-corrected chi connectivity index (χ2v) is 2.39. The maximum absolute atomic E-state index is 3.58. The number of allylic oxidation sites excluding steroid dienone is 1. The molecule has 40 valence electrons. The molecule has 0 aromatic rings. The second kappa shape index (κ2) is 5.23. The zero-order valence-corrected chi connectivity index (χ0v) is 5.00. The van der Waals surface area contributed by atoms with Crippen LogP contribution in [0.15, 0.2) is 12.7 Å². The van der Waals surface area contributed by atoms with E-state index in [-0.39, 0.29) is 0 Å². The predicted molar refractivity (Wildman–Crippen MR) is 25.5 cm³/mol. The summed E-state index contributed by atoms with van der Waals surface area (Å²) in [5.41, 5.74) is 0. The summed E-state index contributed by atoms with van der Waals surface area (Å²) >= 11 is 1.74. The fourth-order valence-electron chi connectivity index (χ4n) is 0.156. The Morgan fingerprint density at radius 2 is 2.50 bits per heavy atom. The van der Waals surface area contributed by atoms with E-state index >= 15 is 0 Å². The van der Waals surface area contributed by atoms with Crippen LogP contribution < -0.4 is 0 Å². The molecule has 0 amide bonds. The monoisotopic (exact) mass is 128 g/mol. The molecule has 0 aliphatic carbocycles. The number of hydrogen-bond acceptors (Lipinski definition) is 0. The van der Waals surface area contributed by atoms with Crippen LogP contribution in [0.25, 0.3) is 0 Å². The summed E-state index contributed by atoms with van der Waals surface area (Å²) < 4.78 is 0. The molecule has 0 N–H and O–H groups in total. The summed E-state index contributed by atoms with van der Waals surface area (Å²) in [5.74, 6) is 0. The summed E-state index contributed by atoms with van der Waals surface area (Å²) in [6.45, 7) is 5.74. The minimum absolute atomic E-state index is 1.11. The Labute approximate surface area is 45.4 Å². The topological polar surface area (TPSA) is 0 Å². The zero-order chi connectivity index (χ0) is 4.83. The second-order valence-electron chi connectivity index (χ2n) is 0.799. The average Bonchev–Trinajstić information content (AvgIpc) is 1.61. The molecule has 0 atom stereocenters. The van der Waals surface area contributed by atoms with E-state index in [2.05, 4.69) is 13.5 Å². The van der Waals surface area contributed by atoms with Crippen molar-refractivity contribution in [3.8, 4) is 0 Å². The van der Waals surface area contributed by atoms with Crippen LogP contribution in [0.5, 0.6) is 0 Å². The first-order valence-electron chi connectivity index (χ1n) is 1.97. The Balaban J connectivity index is 2.49. The maximum atomic E-state index is 3.58. The number of rotatable bonds is 3.